The van der Waals surface area contributed by atoms with Crippen LogP contribution >= 0.6 is 11.8 Å². The Bertz CT molecular complexity index is 1480. The summed E-state index contributed by atoms with van der Waals surface area (Å²) in [6.45, 7) is 4.99. The molecule has 1 amide bonds. The van der Waals surface area contributed by atoms with Gasteiger partial charge in [-0.3, -0.25) is 14.8 Å². The molecule has 12 heteroatoms. The molecule has 1 aliphatic heterocycles. The van der Waals surface area contributed by atoms with Crippen molar-refractivity contribution in [3.8, 4) is 0 Å². The van der Waals surface area contributed by atoms with Crippen molar-refractivity contribution in [3.63, 3.8) is 0 Å². The van der Waals surface area contributed by atoms with Crippen molar-refractivity contribution < 1.29 is 14.6 Å². The number of rotatable bonds is 10. The third-order valence-electron chi connectivity index (χ3n) is 7.58. The molecule has 2 fully saturated rings. The van der Waals surface area contributed by atoms with Crippen molar-refractivity contribution in [2.75, 3.05) is 30.3 Å². The van der Waals surface area contributed by atoms with E-state index in [0.29, 0.717) is 29.0 Å². The van der Waals surface area contributed by atoms with Gasteiger partial charge in [0.05, 0.1) is 24.9 Å². The van der Waals surface area contributed by atoms with Crippen LogP contribution in [-0.2, 0) is 9.53 Å². The van der Waals surface area contributed by atoms with Gasteiger partial charge in [0, 0.05) is 41.1 Å². The number of ether oxygens (including phenoxy) is 1. The molecule has 1 aliphatic carbocycles. The van der Waals surface area contributed by atoms with E-state index in [9.17, 15) is 9.90 Å². The first-order valence-electron chi connectivity index (χ1n) is 13.6. The minimum absolute atomic E-state index is 0.0191. The number of amides is 1. The van der Waals surface area contributed by atoms with E-state index in [1.807, 2.05) is 60.5 Å². The molecule has 1 saturated heterocycles. The molecular weight excluding hydrogens is 528 g/mol. The second-order valence-electron chi connectivity index (χ2n) is 10.9. The number of nitrogens with zero attached hydrogens (tertiary/aromatic N) is 5. The average Bonchev–Trinajstić information content (AvgIpc) is 3.64. The summed E-state index contributed by atoms with van der Waals surface area (Å²) in [4.78, 5) is 20.5. The molecular formula is C28H34N8O3S. The zero-order chi connectivity index (χ0) is 27.7. The number of carbonyl (C=O) groups excluding carboxylic acids is 1. The number of aliphatic hydroxyl groups excluding tert-OH is 1. The highest BCUT2D eigenvalue weighted by atomic mass is 32.2. The smallest absolute Gasteiger partial charge is 0.238 e. The molecule has 0 bridgehead atoms. The van der Waals surface area contributed by atoms with E-state index in [1.54, 1.807) is 4.52 Å². The lowest BCUT2D eigenvalue weighted by molar-refractivity contribution is -0.124. The van der Waals surface area contributed by atoms with Gasteiger partial charge < -0.3 is 20.5 Å². The predicted octanol–water partition coefficient (Wildman–Crippen LogP) is 3.99. The largest absolute Gasteiger partial charge is 0.395 e. The van der Waals surface area contributed by atoms with Crippen molar-refractivity contribution >= 4 is 40.5 Å². The minimum Gasteiger partial charge on any atom is -0.395 e. The van der Waals surface area contributed by atoms with Crippen LogP contribution in [0.1, 0.15) is 38.3 Å². The number of H-pyrrole nitrogens is 1. The van der Waals surface area contributed by atoms with Crippen LogP contribution in [0.3, 0.4) is 0 Å². The van der Waals surface area contributed by atoms with E-state index >= 15 is 0 Å². The fourth-order valence-electron chi connectivity index (χ4n) is 5.35. The van der Waals surface area contributed by atoms with Crippen LogP contribution in [0.2, 0.25) is 0 Å². The number of aryl methyl sites for hydroxylation is 1. The molecule has 3 aromatic heterocycles. The number of carbonyl (C=O) groups is 1. The molecule has 1 saturated carbocycles. The number of fused-ring (bicyclic) bond motifs is 1. The Kier molecular flexibility index (Phi) is 7.49. The topological polar surface area (TPSA) is 133 Å². The molecule has 0 spiro atoms. The molecule has 2 atom stereocenters. The molecule has 40 heavy (non-hydrogen) atoms. The molecule has 210 valence electrons. The number of likely N-dealkylation sites (tertiary alicyclic amines) is 1. The lowest BCUT2D eigenvalue weighted by Crippen LogP contribution is -2.41. The van der Waals surface area contributed by atoms with Gasteiger partial charge in [-0.05, 0) is 87.7 Å². The summed E-state index contributed by atoms with van der Waals surface area (Å²) in [5.74, 6) is 1.24. The van der Waals surface area contributed by atoms with Gasteiger partial charge in [-0.15, -0.1) is 5.10 Å². The Labute approximate surface area is 236 Å². The van der Waals surface area contributed by atoms with Gasteiger partial charge in [-0.2, -0.15) is 5.10 Å². The van der Waals surface area contributed by atoms with Crippen molar-refractivity contribution in [1.82, 2.24) is 29.7 Å². The monoisotopic (exact) mass is 562 g/mol. The van der Waals surface area contributed by atoms with Crippen LogP contribution in [0, 0.1) is 6.92 Å². The van der Waals surface area contributed by atoms with Gasteiger partial charge in [-0.1, -0.05) is 0 Å². The molecule has 4 N–H and O–H groups in total. The zero-order valence-electron chi connectivity index (χ0n) is 22.6. The Balaban J connectivity index is 1.06. The molecule has 2 aliphatic rings. The SMILES string of the molecule is Cc1cc(Nc2nc(Sc3ccc(NC(=O)CN4C[C@H](OC5(C)CCC5)C[C@H]4CO)cc3)nn3cccc23)n[nH]1. The first kappa shape index (κ1) is 26.8. The lowest BCUT2D eigenvalue weighted by atomic mass is 9.81. The lowest BCUT2D eigenvalue weighted by Gasteiger charge is -2.40. The summed E-state index contributed by atoms with van der Waals surface area (Å²) in [5, 5.41) is 28.5. The number of anilines is 3. The highest BCUT2D eigenvalue weighted by Crippen LogP contribution is 2.38. The van der Waals surface area contributed by atoms with Crippen LogP contribution in [0.25, 0.3) is 5.52 Å². The Hall–Kier alpha value is -3.45. The van der Waals surface area contributed by atoms with E-state index in [0.717, 1.165) is 35.4 Å². The average molecular weight is 563 g/mol. The van der Waals surface area contributed by atoms with E-state index < -0.39 is 0 Å². The summed E-state index contributed by atoms with van der Waals surface area (Å²) >= 11 is 1.43. The van der Waals surface area contributed by atoms with Crippen molar-refractivity contribution in [3.05, 3.63) is 54.4 Å². The second kappa shape index (κ2) is 11.2. The molecule has 4 aromatic rings. The van der Waals surface area contributed by atoms with Crippen LogP contribution in [0.5, 0.6) is 0 Å². The quantitative estimate of drug-likeness (QED) is 0.226. The standard InChI is InChI=1S/C28H34N8O3S/c1-18-13-24(33-32-18)30-26-23-5-3-12-36(23)34-27(31-26)40-22-8-6-19(7-9-22)29-25(38)16-35-15-21(14-20(35)17-37)39-28(2)10-4-11-28/h3,5-9,12-13,20-21,37H,4,10-11,14-17H2,1-2H3,(H,29,38)(H2,30,31,32,33,34)/t20-,21+/m0/s1. The fourth-order valence-corrected chi connectivity index (χ4v) is 6.10. The number of benzene rings is 1. The number of aromatic amines is 1. The van der Waals surface area contributed by atoms with Gasteiger partial charge in [0.1, 0.15) is 5.52 Å². The third kappa shape index (κ3) is 5.99. The Morgan fingerprint density at radius 3 is 2.80 bits per heavy atom. The molecule has 0 unspecified atom stereocenters. The van der Waals surface area contributed by atoms with Crippen LogP contribution in [0.15, 0.2) is 58.7 Å². The third-order valence-corrected chi connectivity index (χ3v) is 8.44. The first-order chi connectivity index (χ1) is 19.4. The van der Waals surface area contributed by atoms with E-state index in [2.05, 4.69) is 32.9 Å². The summed E-state index contributed by atoms with van der Waals surface area (Å²) in [7, 11) is 0. The van der Waals surface area contributed by atoms with Gasteiger partial charge >= 0.3 is 0 Å². The van der Waals surface area contributed by atoms with Gasteiger partial charge in [-0.25, -0.2) is 9.50 Å². The van der Waals surface area contributed by atoms with E-state index in [-0.39, 0.29) is 36.8 Å². The normalized spacial score (nSPS) is 20.5. The number of hydrogen-bond acceptors (Lipinski definition) is 9. The molecule has 4 heterocycles. The number of hydrogen-bond donors (Lipinski definition) is 4. The zero-order valence-corrected chi connectivity index (χ0v) is 23.4. The summed E-state index contributed by atoms with van der Waals surface area (Å²) < 4.78 is 8.09. The molecule has 11 nitrogen and oxygen atoms in total. The Morgan fingerprint density at radius 2 is 2.10 bits per heavy atom. The highest BCUT2D eigenvalue weighted by molar-refractivity contribution is 7.99. The number of aliphatic hydroxyl groups is 1. The maximum Gasteiger partial charge on any atom is 0.238 e. The number of aromatic nitrogens is 5. The van der Waals surface area contributed by atoms with Crippen molar-refractivity contribution in [1.29, 1.82) is 0 Å². The summed E-state index contributed by atoms with van der Waals surface area (Å²) in [6.07, 6.45) is 6.05. The summed E-state index contributed by atoms with van der Waals surface area (Å²) in [6, 6.07) is 13.3. The van der Waals surface area contributed by atoms with Gasteiger partial charge in [0.2, 0.25) is 11.1 Å². The fraction of sp³-hybridized carbons (Fsp3) is 0.429. The molecule has 1 aromatic carbocycles. The first-order valence-corrected chi connectivity index (χ1v) is 14.4. The molecule has 6 rings (SSSR count). The highest BCUT2D eigenvalue weighted by Gasteiger charge is 2.40. The van der Waals surface area contributed by atoms with Gasteiger partial charge in [0.15, 0.2) is 11.6 Å². The summed E-state index contributed by atoms with van der Waals surface area (Å²) in [5.41, 5.74) is 2.47. The second-order valence-corrected chi connectivity index (χ2v) is 11.9. The molecule has 0 radical (unpaired) electrons. The predicted molar refractivity (Wildman–Crippen MR) is 153 cm³/mol. The van der Waals surface area contributed by atoms with Crippen molar-refractivity contribution in [2.45, 2.75) is 67.3 Å². The van der Waals surface area contributed by atoms with Gasteiger partial charge in [0.25, 0.3) is 0 Å². The van der Waals surface area contributed by atoms with E-state index in [1.165, 1.54) is 18.2 Å². The number of nitrogens with one attached hydrogen (secondary N) is 3. The maximum absolute atomic E-state index is 12.8. The van der Waals surface area contributed by atoms with Crippen molar-refractivity contribution in [2.24, 2.45) is 0 Å². The Morgan fingerprint density at radius 1 is 1.27 bits per heavy atom. The van der Waals surface area contributed by atoms with E-state index in [4.69, 9.17) is 9.72 Å². The van der Waals surface area contributed by atoms with Crippen LogP contribution in [-0.4, -0.2) is 78.2 Å². The maximum atomic E-state index is 12.8. The van der Waals surface area contributed by atoms with Crippen LogP contribution in [0.4, 0.5) is 17.3 Å². The minimum atomic E-state index is -0.111. The van der Waals surface area contributed by atoms with Crippen LogP contribution < -0.4 is 10.6 Å².